The van der Waals surface area contributed by atoms with E-state index < -0.39 is 11.7 Å². The second kappa shape index (κ2) is 9.47. The topological polar surface area (TPSA) is 72.0 Å². The molecule has 1 aliphatic rings. The van der Waals surface area contributed by atoms with Crippen molar-refractivity contribution in [2.24, 2.45) is 0 Å². The first-order valence-electron chi connectivity index (χ1n) is 9.81. The lowest BCUT2D eigenvalue weighted by Crippen LogP contribution is -2.57. The molecule has 8 heteroatoms. The van der Waals surface area contributed by atoms with Crippen LogP contribution in [0.5, 0.6) is 0 Å². The van der Waals surface area contributed by atoms with Crippen molar-refractivity contribution in [1.82, 2.24) is 9.88 Å². The predicted molar refractivity (Wildman–Crippen MR) is 117 cm³/mol. The molecule has 0 N–H and O–H groups in total. The minimum absolute atomic E-state index is 0.150. The second-order valence-corrected chi connectivity index (χ2v) is 9.04. The molecule has 1 aromatic carbocycles. The van der Waals surface area contributed by atoms with E-state index in [9.17, 15) is 9.59 Å². The molecule has 1 aromatic heterocycles. The lowest BCUT2D eigenvalue weighted by atomic mass is 10.0. The number of aromatic nitrogens is 1. The normalized spacial score (nSPS) is 15.9. The molecule has 1 saturated heterocycles. The van der Waals surface area contributed by atoms with Gasteiger partial charge in [-0.3, -0.25) is 9.88 Å². The van der Waals surface area contributed by atoms with E-state index in [1.54, 1.807) is 23.4 Å². The maximum Gasteiger partial charge on any atom is 0.414 e. The summed E-state index contributed by atoms with van der Waals surface area (Å²) in [5.41, 5.74) is 0.926. The highest BCUT2D eigenvalue weighted by Gasteiger charge is 2.37. The second-order valence-electron chi connectivity index (χ2n) is 8.13. The third kappa shape index (κ3) is 5.95. The Morgan fingerprint density at radius 1 is 1.23 bits per heavy atom. The average Bonchev–Trinajstić information content (AvgIpc) is 2.65. The van der Waals surface area contributed by atoms with Crippen molar-refractivity contribution in [2.75, 3.05) is 18.0 Å². The SMILES string of the molecule is CC(C)(C)OC(=O)N1CC[C@H]1CN(C(=O)OCc1ccccc1)c1cncc(Br)c1. The van der Waals surface area contributed by atoms with Crippen molar-refractivity contribution in [1.29, 1.82) is 0 Å². The van der Waals surface area contributed by atoms with Gasteiger partial charge < -0.3 is 14.4 Å². The fourth-order valence-electron chi connectivity index (χ4n) is 3.03. The molecule has 0 spiro atoms. The Bertz CT molecular complexity index is 885. The monoisotopic (exact) mass is 475 g/mol. The first-order chi connectivity index (χ1) is 14.2. The Morgan fingerprint density at radius 3 is 2.57 bits per heavy atom. The van der Waals surface area contributed by atoms with Crippen LogP contribution in [0.15, 0.2) is 53.3 Å². The highest BCUT2D eigenvalue weighted by molar-refractivity contribution is 9.10. The third-order valence-electron chi connectivity index (χ3n) is 4.59. The fourth-order valence-corrected chi connectivity index (χ4v) is 3.39. The van der Waals surface area contributed by atoms with Crippen LogP contribution in [0.1, 0.15) is 32.8 Å². The minimum atomic E-state index is -0.570. The van der Waals surface area contributed by atoms with Gasteiger partial charge in [-0.15, -0.1) is 0 Å². The number of ether oxygens (including phenoxy) is 2. The van der Waals surface area contributed by atoms with Crippen molar-refractivity contribution < 1.29 is 19.1 Å². The molecule has 7 nitrogen and oxygen atoms in total. The molecule has 3 rings (SSSR count). The molecule has 2 heterocycles. The molecule has 0 unspecified atom stereocenters. The number of nitrogens with zero attached hydrogens (tertiary/aromatic N) is 3. The van der Waals surface area contributed by atoms with Crippen molar-refractivity contribution in [2.45, 2.75) is 45.4 Å². The quantitative estimate of drug-likeness (QED) is 0.608. The molecular weight excluding hydrogens is 450 g/mol. The molecule has 160 valence electrons. The number of hydrogen-bond donors (Lipinski definition) is 0. The average molecular weight is 476 g/mol. The fraction of sp³-hybridized carbons (Fsp3) is 0.409. The van der Waals surface area contributed by atoms with Crippen LogP contribution >= 0.6 is 15.9 Å². The van der Waals surface area contributed by atoms with E-state index in [1.165, 1.54) is 4.90 Å². The smallest absolute Gasteiger partial charge is 0.414 e. The molecular formula is C22H26BrN3O4. The summed E-state index contributed by atoms with van der Waals surface area (Å²) < 4.78 is 11.8. The maximum atomic E-state index is 12.9. The van der Waals surface area contributed by atoms with Crippen molar-refractivity contribution in [3.05, 3.63) is 58.8 Å². The van der Waals surface area contributed by atoms with Crippen LogP contribution in [0.25, 0.3) is 0 Å². The number of anilines is 1. The van der Waals surface area contributed by atoms with Crippen LogP contribution in [0.2, 0.25) is 0 Å². The van der Waals surface area contributed by atoms with E-state index in [0.717, 1.165) is 16.5 Å². The van der Waals surface area contributed by atoms with Gasteiger partial charge in [0.2, 0.25) is 0 Å². The number of halogens is 1. The molecule has 30 heavy (non-hydrogen) atoms. The summed E-state index contributed by atoms with van der Waals surface area (Å²) in [6.07, 6.45) is 3.17. The summed E-state index contributed by atoms with van der Waals surface area (Å²) in [5, 5.41) is 0. The third-order valence-corrected chi connectivity index (χ3v) is 5.03. The van der Waals surface area contributed by atoms with Gasteiger partial charge in [-0.05, 0) is 54.8 Å². The van der Waals surface area contributed by atoms with E-state index in [-0.39, 0.29) is 18.7 Å². The standard InChI is InChI=1S/C22H26BrN3O4/c1-22(2,3)30-21(28)25-10-9-18(25)14-26(19-11-17(23)12-24-13-19)20(27)29-15-16-7-5-4-6-8-16/h4-8,11-13,18H,9-10,14-15H2,1-3H3/t18-/m0/s1. The van der Waals surface area contributed by atoms with Gasteiger partial charge in [0.1, 0.15) is 12.2 Å². The lowest BCUT2D eigenvalue weighted by Gasteiger charge is -2.43. The van der Waals surface area contributed by atoms with Crippen molar-refractivity contribution >= 4 is 33.8 Å². The van der Waals surface area contributed by atoms with Crippen LogP contribution in [0.4, 0.5) is 15.3 Å². The molecule has 2 aromatic rings. The van der Waals surface area contributed by atoms with Gasteiger partial charge in [-0.25, -0.2) is 9.59 Å². The largest absolute Gasteiger partial charge is 0.444 e. The Morgan fingerprint density at radius 2 is 1.97 bits per heavy atom. The van der Waals surface area contributed by atoms with Crippen LogP contribution in [0, 0.1) is 0 Å². The van der Waals surface area contributed by atoms with Crippen molar-refractivity contribution in [3.8, 4) is 0 Å². The number of carbonyl (C=O) groups excluding carboxylic acids is 2. The van der Waals surface area contributed by atoms with E-state index in [0.29, 0.717) is 18.8 Å². The first kappa shape index (κ1) is 22.1. The number of rotatable bonds is 5. The molecule has 0 bridgehead atoms. The van der Waals surface area contributed by atoms with Gasteiger partial charge in [0.15, 0.2) is 0 Å². The highest BCUT2D eigenvalue weighted by Crippen LogP contribution is 2.26. The zero-order valence-corrected chi connectivity index (χ0v) is 19.0. The molecule has 2 amide bonds. The summed E-state index contributed by atoms with van der Waals surface area (Å²) in [7, 11) is 0. The van der Waals surface area contributed by atoms with E-state index in [2.05, 4.69) is 20.9 Å². The molecule has 1 fully saturated rings. The van der Waals surface area contributed by atoms with Gasteiger partial charge in [0.25, 0.3) is 0 Å². The highest BCUT2D eigenvalue weighted by atomic mass is 79.9. The van der Waals surface area contributed by atoms with Crippen LogP contribution in [0.3, 0.4) is 0 Å². The van der Waals surface area contributed by atoms with Crippen LogP contribution in [-0.2, 0) is 16.1 Å². The number of carbonyl (C=O) groups is 2. The number of pyridine rings is 1. The van der Waals surface area contributed by atoms with Crippen LogP contribution in [-0.4, -0.2) is 46.8 Å². The molecule has 0 aliphatic carbocycles. The zero-order chi connectivity index (χ0) is 21.7. The number of likely N-dealkylation sites (tertiary alicyclic amines) is 1. The minimum Gasteiger partial charge on any atom is -0.444 e. The lowest BCUT2D eigenvalue weighted by molar-refractivity contribution is -0.00392. The van der Waals surface area contributed by atoms with E-state index in [1.807, 2.05) is 51.1 Å². The Kier molecular flexibility index (Phi) is 6.97. The number of benzene rings is 1. The predicted octanol–water partition coefficient (Wildman–Crippen LogP) is 5.00. The summed E-state index contributed by atoms with van der Waals surface area (Å²) in [4.78, 5) is 32.7. The van der Waals surface area contributed by atoms with Gasteiger partial charge in [-0.2, -0.15) is 0 Å². The summed E-state index contributed by atoms with van der Waals surface area (Å²) in [6.45, 7) is 6.56. The summed E-state index contributed by atoms with van der Waals surface area (Å²) in [5.74, 6) is 0. The van der Waals surface area contributed by atoms with Gasteiger partial charge in [0, 0.05) is 23.8 Å². The number of amides is 2. The van der Waals surface area contributed by atoms with Gasteiger partial charge in [0.05, 0.1) is 17.9 Å². The Hall–Kier alpha value is -2.61. The summed E-state index contributed by atoms with van der Waals surface area (Å²) in [6, 6.07) is 11.1. The molecule has 0 saturated carbocycles. The molecule has 0 radical (unpaired) electrons. The Labute approximate surface area is 185 Å². The van der Waals surface area contributed by atoms with E-state index in [4.69, 9.17) is 9.47 Å². The molecule has 1 aliphatic heterocycles. The Balaban J connectivity index is 1.72. The first-order valence-corrected chi connectivity index (χ1v) is 10.6. The summed E-state index contributed by atoms with van der Waals surface area (Å²) >= 11 is 3.39. The van der Waals surface area contributed by atoms with Crippen molar-refractivity contribution in [3.63, 3.8) is 0 Å². The van der Waals surface area contributed by atoms with Crippen LogP contribution < -0.4 is 4.90 Å². The van der Waals surface area contributed by atoms with Gasteiger partial charge in [-0.1, -0.05) is 30.3 Å². The zero-order valence-electron chi connectivity index (χ0n) is 17.4. The number of hydrogen-bond acceptors (Lipinski definition) is 5. The molecule has 1 atom stereocenters. The maximum absolute atomic E-state index is 12.9. The van der Waals surface area contributed by atoms with E-state index >= 15 is 0 Å². The van der Waals surface area contributed by atoms with Gasteiger partial charge >= 0.3 is 12.2 Å².